The molecule has 0 aliphatic heterocycles. The highest BCUT2D eigenvalue weighted by molar-refractivity contribution is 5.72. The molecule has 3 N–H and O–H groups in total. The summed E-state index contributed by atoms with van der Waals surface area (Å²) in [6.07, 6.45) is 1.21. The number of hydrogen-bond donors (Lipinski definition) is 2. The van der Waals surface area contributed by atoms with Crippen LogP contribution in [0.15, 0.2) is 60.9 Å². The molecule has 0 aliphatic rings. The molecule has 184 valence electrons. The van der Waals surface area contributed by atoms with Gasteiger partial charge in [0.15, 0.2) is 5.65 Å². The Kier molecular flexibility index (Phi) is 8.14. The zero-order valence-corrected chi connectivity index (χ0v) is 19.3. The minimum absolute atomic E-state index is 0.407. The Morgan fingerprint density at radius 2 is 1.86 bits per heavy atom. The standard InChI is InChI=1S/C24H27F2N7O2/c1-2-30-34-14-13-32-23-19(5-3-12-29-23)31-24(32)35-18-9-7-17(8-10-18)15-20-21(6-4-11-28-20)33(27)16-22(25)26/h3-12,22,30H,2,13-16,27H2,1H3. The first-order valence-corrected chi connectivity index (χ1v) is 11.2. The molecule has 0 fully saturated rings. The van der Waals surface area contributed by atoms with Crippen molar-refractivity contribution < 1.29 is 18.4 Å². The summed E-state index contributed by atoms with van der Waals surface area (Å²) in [5, 5.41) is 1.03. The summed E-state index contributed by atoms with van der Waals surface area (Å²) in [6.45, 7) is 3.01. The first kappa shape index (κ1) is 24.5. The van der Waals surface area contributed by atoms with Gasteiger partial charge >= 0.3 is 6.01 Å². The number of alkyl halides is 2. The van der Waals surface area contributed by atoms with Gasteiger partial charge in [-0.3, -0.25) is 14.4 Å². The van der Waals surface area contributed by atoms with Crippen molar-refractivity contribution >= 4 is 16.9 Å². The number of benzene rings is 1. The topological polar surface area (TPSA) is 103 Å². The molecule has 3 heterocycles. The molecule has 4 aromatic rings. The minimum atomic E-state index is -2.54. The van der Waals surface area contributed by atoms with Gasteiger partial charge in [0.05, 0.1) is 31.1 Å². The number of hydrazine groups is 1. The van der Waals surface area contributed by atoms with Crippen LogP contribution in [0.1, 0.15) is 18.2 Å². The smallest absolute Gasteiger partial charge is 0.304 e. The van der Waals surface area contributed by atoms with E-state index < -0.39 is 13.0 Å². The Morgan fingerprint density at radius 1 is 1.09 bits per heavy atom. The molecule has 4 rings (SSSR count). The summed E-state index contributed by atoms with van der Waals surface area (Å²) in [4.78, 5) is 18.7. The molecular formula is C24H27F2N7O2. The van der Waals surface area contributed by atoms with Gasteiger partial charge in [-0.25, -0.2) is 25.1 Å². The third kappa shape index (κ3) is 6.27. The molecule has 0 aliphatic carbocycles. The van der Waals surface area contributed by atoms with Crippen LogP contribution in [0.5, 0.6) is 11.8 Å². The Labute approximate surface area is 201 Å². The van der Waals surface area contributed by atoms with E-state index in [0.717, 1.165) is 16.1 Å². The largest absolute Gasteiger partial charge is 0.425 e. The number of nitrogens with zero attached hydrogens (tertiary/aromatic N) is 5. The van der Waals surface area contributed by atoms with Crippen LogP contribution in [-0.2, 0) is 17.8 Å². The summed E-state index contributed by atoms with van der Waals surface area (Å²) in [5.74, 6) is 6.42. The number of anilines is 1. The summed E-state index contributed by atoms with van der Waals surface area (Å²) in [7, 11) is 0. The van der Waals surface area contributed by atoms with Gasteiger partial charge in [0.25, 0.3) is 6.43 Å². The Bertz CT molecular complexity index is 1230. The van der Waals surface area contributed by atoms with E-state index in [9.17, 15) is 8.78 Å². The van der Waals surface area contributed by atoms with Crippen molar-refractivity contribution in [2.75, 3.05) is 24.7 Å². The predicted octanol–water partition coefficient (Wildman–Crippen LogP) is 3.70. The van der Waals surface area contributed by atoms with Gasteiger partial charge in [-0.1, -0.05) is 19.1 Å². The zero-order chi connectivity index (χ0) is 24.6. The molecule has 0 amide bonds. The lowest BCUT2D eigenvalue weighted by Crippen LogP contribution is -2.36. The van der Waals surface area contributed by atoms with E-state index in [1.807, 2.05) is 47.9 Å². The summed E-state index contributed by atoms with van der Waals surface area (Å²) >= 11 is 0. The van der Waals surface area contributed by atoms with Crippen molar-refractivity contribution in [3.05, 3.63) is 72.2 Å². The lowest BCUT2D eigenvalue weighted by Gasteiger charge is -2.20. The van der Waals surface area contributed by atoms with Crippen molar-refractivity contribution in [3.8, 4) is 11.8 Å². The maximum atomic E-state index is 12.8. The number of aromatic nitrogens is 4. The van der Waals surface area contributed by atoms with Gasteiger partial charge in [-0.15, -0.1) is 0 Å². The van der Waals surface area contributed by atoms with Crippen LogP contribution in [0.25, 0.3) is 11.2 Å². The molecule has 0 radical (unpaired) electrons. The average Bonchev–Trinajstić information content (AvgIpc) is 3.20. The number of halogens is 2. The number of nitrogens with one attached hydrogen (secondary N) is 1. The normalized spacial score (nSPS) is 11.3. The Morgan fingerprint density at radius 3 is 2.63 bits per heavy atom. The number of hydrogen-bond acceptors (Lipinski definition) is 8. The first-order chi connectivity index (χ1) is 17.0. The SMILES string of the molecule is CCNOCCn1c(Oc2ccc(Cc3ncccc3N(N)CC(F)F)cc2)nc2cccnc21. The van der Waals surface area contributed by atoms with Crippen molar-refractivity contribution in [1.82, 2.24) is 25.0 Å². The van der Waals surface area contributed by atoms with Gasteiger partial charge in [0, 0.05) is 25.4 Å². The lowest BCUT2D eigenvalue weighted by molar-refractivity contribution is 0.0389. The van der Waals surface area contributed by atoms with Crippen LogP contribution in [-0.4, -0.2) is 45.6 Å². The third-order valence-electron chi connectivity index (χ3n) is 5.15. The predicted molar refractivity (Wildman–Crippen MR) is 128 cm³/mol. The number of nitrogens with two attached hydrogens (primary N) is 1. The molecule has 11 heteroatoms. The Hall–Kier alpha value is -3.67. The fourth-order valence-electron chi connectivity index (χ4n) is 3.58. The van der Waals surface area contributed by atoms with E-state index in [1.54, 1.807) is 24.5 Å². The van der Waals surface area contributed by atoms with Crippen LogP contribution in [0.4, 0.5) is 14.5 Å². The highest BCUT2D eigenvalue weighted by atomic mass is 19.3. The van der Waals surface area contributed by atoms with E-state index in [1.165, 1.54) is 0 Å². The van der Waals surface area contributed by atoms with Crippen LogP contribution in [0.2, 0.25) is 0 Å². The second-order valence-electron chi connectivity index (χ2n) is 7.67. The first-order valence-electron chi connectivity index (χ1n) is 11.2. The zero-order valence-electron chi connectivity index (χ0n) is 19.3. The molecule has 0 saturated heterocycles. The summed E-state index contributed by atoms with van der Waals surface area (Å²) in [6, 6.07) is 14.9. The maximum Gasteiger partial charge on any atom is 0.304 e. The van der Waals surface area contributed by atoms with Gasteiger partial charge < -0.3 is 9.75 Å². The van der Waals surface area contributed by atoms with E-state index in [2.05, 4.69) is 20.4 Å². The quantitative estimate of drug-likeness (QED) is 0.179. The van der Waals surface area contributed by atoms with E-state index >= 15 is 0 Å². The Balaban J connectivity index is 1.49. The molecule has 9 nitrogen and oxygen atoms in total. The van der Waals surface area contributed by atoms with Crippen molar-refractivity contribution in [2.45, 2.75) is 26.3 Å². The molecule has 0 saturated carbocycles. The fourth-order valence-corrected chi connectivity index (χ4v) is 3.58. The average molecular weight is 484 g/mol. The molecular weight excluding hydrogens is 456 g/mol. The highest BCUT2D eigenvalue weighted by Gasteiger charge is 2.16. The monoisotopic (exact) mass is 483 g/mol. The molecule has 1 aromatic carbocycles. The van der Waals surface area contributed by atoms with E-state index in [4.69, 9.17) is 15.4 Å². The summed E-state index contributed by atoms with van der Waals surface area (Å²) < 4.78 is 33.5. The molecule has 3 aromatic heterocycles. The second-order valence-corrected chi connectivity index (χ2v) is 7.67. The highest BCUT2D eigenvalue weighted by Crippen LogP contribution is 2.26. The van der Waals surface area contributed by atoms with Crippen LogP contribution >= 0.6 is 0 Å². The van der Waals surface area contributed by atoms with Gasteiger partial charge in [0.1, 0.15) is 11.3 Å². The van der Waals surface area contributed by atoms with Gasteiger partial charge in [0.2, 0.25) is 0 Å². The van der Waals surface area contributed by atoms with Crippen molar-refractivity contribution in [1.29, 1.82) is 0 Å². The van der Waals surface area contributed by atoms with Crippen molar-refractivity contribution in [2.24, 2.45) is 5.84 Å². The van der Waals surface area contributed by atoms with Gasteiger partial charge in [-0.05, 0) is 42.0 Å². The van der Waals surface area contributed by atoms with Crippen LogP contribution < -0.4 is 21.1 Å². The number of pyridine rings is 2. The minimum Gasteiger partial charge on any atom is -0.425 e. The van der Waals surface area contributed by atoms with Crippen molar-refractivity contribution in [3.63, 3.8) is 0 Å². The second kappa shape index (κ2) is 11.6. The molecule has 0 spiro atoms. The number of fused-ring (bicyclic) bond motifs is 1. The maximum absolute atomic E-state index is 12.8. The molecule has 35 heavy (non-hydrogen) atoms. The number of hydroxylamine groups is 1. The van der Waals surface area contributed by atoms with Crippen LogP contribution in [0.3, 0.4) is 0 Å². The fraction of sp³-hybridized carbons (Fsp3) is 0.292. The summed E-state index contributed by atoms with van der Waals surface area (Å²) in [5.41, 5.74) is 6.26. The third-order valence-corrected chi connectivity index (χ3v) is 5.15. The molecule has 0 unspecified atom stereocenters. The van der Waals surface area contributed by atoms with Crippen LogP contribution in [0, 0.1) is 0 Å². The lowest BCUT2D eigenvalue weighted by atomic mass is 10.1. The number of imidazole rings is 1. The van der Waals surface area contributed by atoms with E-state index in [0.29, 0.717) is 54.9 Å². The number of ether oxygens (including phenoxy) is 1. The molecule has 0 atom stereocenters. The van der Waals surface area contributed by atoms with E-state index in [-0.39, 0.29) is 0 Å². The molecule has 0 bridgehead atoms. The van der Waals surface area contributed by atoms with Gasteiger partial charge in [-0.2, -0.15) is 4.98 Å². The number of rotatable bonds is 12.